The molecular formula is C13H18N2OS2. The summed E-state index contributed by atoms with van der Waals surface area (Å²) >= 11 is 3.54. The number of hydrogen-bond acceptors (Lipinski definition) is 3. The summed E-state index contributed by atoms with van der Waals surface area (Å²) in [4.78, 5) is 14.4. The minimum absolute atomic E-state index is 0.101. The summed E-state index contributed by atoms with van der Waals surface area (Å²) < 4.78 is 0. The van der Waals surface area contributed by atoms with E-state index in [1.807, 2.05) is 29.3 Å². The highest BCUT2D eigenvalue weighted by atomic mass is 32.2. The number of anilines is 1. The molecule has 1 unspecified atom stereocenters. The second kappa shape index (κ2) is 5.13. The molecule has 1 aromatic rings. The van der Waals surface area contributed by atoms with E-state index in [4.69, 9.17) is 0 Å². The first-order valence-corrected chi connectivity index (χ1v) is 8.60. The van der Waals surface area contributed by atoms with E-state index in [-0.39, 0.29) is 6.03 Å². The molecule has 3 rings (SSSR count). The zero-order valence-electron chi connectivity index (χ0n) is 10.5. The van der Waals surface area contributed by atoms with E-state index in [0.29, 0.717) is 12.1 Å². The second-order valence-corrected chi connectivity index (χ2v) is 7.11. The third-order valence-electron chi connectivity index (χ3n) is 4.01. The van der Waals surface area contributed by atoms with E-state index in [1.54, 1.807) is 11.3 Å². The van der Waals surface area contributed by atoms with Crippen LogP contribution < -0.4 is 5.32 Å². The van der Waals surface area contributed by atoms with E-state index >= 15 is 0 Å². The van der Waals surface area contributed by atoms with Gasteiger partial charge in [0.1, 0.15) is 0 Å². The lowest BCUT2D eigenvalue weighted by Gasteiger charge is -2.38. The maximum Gasteiger partial charge on any atom is 0.322 e. The molecule has 2 aliphatic rings. The fourth-order valence-electron chi connectivity index (χ4n) is 3.17. The molecule has 0 saturated carbocycles. The SMILES string of the molecule is CSC1C[C@H]2CC[C@@H](C1)N2C(=O)Nc1cccs1. The molecule has 1 aromatic heterocycles. The molecule has 0 aromatic carbocycles. The van der Waals surface area contributed by atoms with Crippen LogP contribution in [0.3, 0.4) is 0 Å². The van der Waals surface area contributed by atoms with Gasteiger partial charge < -0.3 is 4.90 Å². The average Bonchev–Trinajstić information content (AvgIpc) is 2.95. The van der Waals surface area contributed by atoms with Gasteiger partial charge in [0, 0.05) is 17.3 Å². The van der Waals surface area contributed by atoms with Crippen LogP contribution in [-0.2, 0) is 0 Å². The van der Waals surface area contributed by atoms with E-state index in [1.165, 1.54) is 12.8 Å². The summed E-state index contributed by atoms with van der Waals surface area (Å²) in [6, 6.07) is 4.94. The van der Waals surface area contributed by atoms with Gasteiger partial charge in [-0.3, -0.25) is 5.32 Å². The van der Waals surface area contributed by atoms with Gasteiger partial charge in [-0.2, -0.15) is 11.8 Å². The van der Waals surface area contributed by atoms with Crippen LogP contribution in [0.25, 0.3) is 0 Å². The number of thioether (sulfide) groups is 1. The van der Waals surface area contributed by atoms with Crippen LogP contribution in [0.5, 0.6) is 0 Å². The molecule has 98 valence electrons. The average molecular weight is 282 g/mol. The summed E-state index contributed by atoms with van der Waals surface area (Å²) in [5.41, 5.74) is 0. The van der Waals surface area contributed by atoms with Crippen molar-refractivity contribution in [3.63, 3.8) is 0 Å². The van der Waals surface area contributed by atoms with Crippen LogP contribution in [0.4, 0.5) is 9.80 Å². The maximum atomic E-state index is 12.3. The smallest absolute Gasteiger partial charge is 0.318 e. The predicted octanol–water partition coefficient (Wildman–Crippen LogP) is 3.64. The van der Waals surface area contributed by atoms with Crippen molar-refractivity contribution in [2.24, 2.45) is 0 Å². The van der Waals surface area contributed by atoms with Gasteiger partial charge in [-0.05, 0) is 49.5 Å². The quantitative estimate of drug-likeness (QED) is 0.898. The molecular weight excluding hydrogens is 264 g/mol. The van der Waals surface area contributed by atoms with Crippen molar-refractivity contribution in [2.75, 3.05) is 11.6 Å². The molecule has 2 bridgehead atoms. The van der Waals surface area contributed by atoms with Crippen molar-refractivity contribution in [3.05, 3.63) is 17.5 Å². The fourth-order valence-corrected chi connectivity index (χ4v) is 4.61. The van der Waals surface area contributed by atoms with Gasteiger partial charge in [0.05, 0.1) is 5.00 Å². The van der Waals surface area contributed by atoms with E-state index in [9.17, 15) is 4.79 Å². The number of fused-ring (bicyclic) bond motifs is 2. The van der Waals surface area contributed by atoms with Gasteiger partial charge in [0.25, 0.3) is 0 Å². The van der Waals surface area contributed by atoms with E-state index in [0.717, 1.165) is 23.1 Å². The molecule has 3 atom stereocenters. The van der Waals surface area contributed by atoms with Crippen LogP contribution >= 0.6 is 23.1 Å². The third kappa shape index (κ3) is 2.26. The Morgan fingerprint density at radius 2 is 2.17 bits per heavy atom. The lowest BCUT2D eigenvalue weighted by Crippen LogP contribution is -2.49. The van der Waals surface area contributed by atoms with Crippen LogP contribution in [0.2, 0.25) is 0 Å². The lowest BCUT2D eigenvalue weighted by atomic mass is 10.0. The Labute approximate surface area is 116 Å². The number of thiophene rings is 1. The molecule has 5 heteroatoms. The van der Waals surface area contributed by atoms with E-state index in [2.05, 4.69) is 16.5 Å². The number of hydrogen-bond donors (Lipinski definition) is 1. The summed E-state index contributed by atoms with van der Waals surface area (Å²) in [5.74, 6) is 0. The van der Waals surface area contributed by atoms with E-state index < -0.39 is 0 Å². The Hall–Kier alpha value is -0.680. The minimum atomic E-state index is 0.101. The number of nitrogens with one attached hydrogen (secondary N) is 1. The third-order valence-corrected chi connectivity index (χ3v) is 5.85. The molecule has 2 fully saturated rings. The number of rotatable bonds is 2. The topological polar surface area (TPSA) is 32.3 Å². The van der Waals surface area contributed by atoms with Crippen molar-refractivity contribution < 1.29 is 4.79 Å². The van der Waals surface area contributed by atoms with Gasteiger partial charge in [-0.15, -0.1) is 11.3 Å². The van der Waals surface area contributed by atoms with Crippen LogP contribution in [0.1, 0.15) is 25.7 Å². The highest BCUT2D eigenvalue weighted by molar-refractivity contribution is 7.99. The highest BCUT2D eigenvalue weighted by Crippen LogP contribution is 2.39. The fraction of sp³-hybridized carbons (Fsp3) is 0.615. The number of carbonyl (C=O) groups is 1. The Morgan fingerprint density at radius 1 is 1.44 bits per heavy atom. The van der Waals surface area contributed by atoms with Gasteiger partial charge >= 0.3 is 6.03 Å². The molecule has 2 saturated heterocycles. The summed E-state index contributed by atoms with van der Waals surface area (Å²) in [7, 11) is 0. The lowest BCUT2D eigenvalue weighted by molar-refractivity contribution is 0.161. The summed E-state index contributed by atoms with van der Waals surface area (Å²) in [5, 5.41) is 6.71. The Kier molecular flexibility index (Phi) is 3.52. The maximum absolute atomic E-state index is 12.3. The standard InChI is InChI=1S/C13H18N2OS2/c1-17-11-7-9-4-5-10(8-11)15(9)13(16)14-12-3-2-6-18-12/h2-3,6,9-11H,4-5,7-8H2,1H3,(H,14,16)/t9-,10+,11?. The second-order valence-electron chi connectivity index (χ2n) is 5.03. The van der Waals surface area contributed by atoms with Crippen molar-refractivity contribution >= 4 is 34.1 Å². The zero-order valence-corrected chi connectivity index (χ0v) is 12.1. The molecule has 3 nitrogen and oxygen atoms in total. The predicted molar refractivity (Wildman–Crippen MR) is 78.5 cm³/mol. The number of amides is 2. The van der Waals surface area contributed by atoms with Gasteiger partial charge in [-0.1, -0.05) is 0 Å². The summed E-state index contributed by atoms with van der Waals surface area (Å²) in [6.45, 7) is 0. The Balaban J connectivity index is 1.68. The molecule has 1 N–H and O–H groups in total. The van der Waals surface area contributed by atoms with Gasteiger partial charge in [0.2, 0.25) is 0 Å². The highest BCUT2D eigenvalue weighted by Gasteiger charge is 2.43. The number of carbonyl (C=O) groups excluding carboxylic acids is 1. The first kappa shape index (κ1) is 12.4. The van der Waals surface area contributed by atoms with Gasteiger partial charge in [-0.25, -0.2) is 4.79 Å². The van der Waals surface area contributed by atoms with Crippen LogP contribution in [0, 0.1) is 0 Å². The van der Waals surface area contributed by atoms with Crippen molar-refractivity contribution in [3.8, 4) is 0 Å². The number of urea groups is 1. The first-order valence-electron chi connectivity index (χ1n) is 6.43. The van der Waals surface area contributed by atoms with Crippen molar-refractivity contribution in [2.45, 2.75) is 43.0 Å². The summed E-state index contributed by atoms with van der Waals surface area (Å²) in [6.07, 6.45) is 6.87. The van der Waals surface area contributed by atoms with Crippen molar-refractivity contribution in [1.29, 1.82) is 0 Å². The van der Waals surface area contributed by atoms with Gasteiger partial charge in [0.15, 0.2) is 0 Å². The number of piperidine rings is 1. The molecule has 3 heterocycles. The minimum Gasteiger partial charge on any atom is -0.318 e. The molecule has 0 radical (unpaired) electrons. The molecule has 0 spiro atoms. The largest absolute Gasteiger partial charge is 0.322 e. The molecule has 0 aliphatic carbocycles. The normalized spacial score (nSPS) is 30.5. The molecule has 18 heavy (non-hydrogen) atoms. The Bertz CT molecular complexity index is 407. The Morgan fingerprint density at radius 3 is 2.72 bits per heavy atom. The van der Waals surface area contributed by atoms with Crippen LogP contribution in [-0.4, -0.2) is 34.5 Å². The number of nitrogens with zero attached hydrogens (tertiary/aromatic N) is 1. The first-order chi connectivity index (χ1) is 8.78. The molecule has 2 amide bonds. The molecule has 2 aliphatic heterocycles. The van der Waals surface area contributed by atoms with Crippen molar-refractivity contribution in [1.82, 2.24) is 4.90 Å². The zero-order chi connectivity index (χ0) is 12.5. The van der Waals surface area contributed by atoms with Crippen LogP contribution in [0.15, 0.2) is 17.5 Å². The monoisotopic (exact) mass is 282 g/mol.